The maximum absolute atomic E-state index is 13.9. The van der Waals surface area contributed by atoms with Gasteiger partial charge < -0.3 is 10.0 Å². The van der Waals surface area contributed by atoms with E-state index in [9.17, 15) is 9.50 Å². The highest BCUT2D eigenvalue weighted by Crippen LogP contribution is 2.42. The number of benzene rings is 2. The van der Waals surface area contributed by atoms with Crippen molar-refractivity contribution in [2.24, 2.45) is 0 Å². The predicted octanol–water partition coefficient (Wildman–Crippen LogP) is 3.67. The molecule has 2 aromatic carbocycles. The maximum atomic E-state index is 13.9. The summed E-state index contributed by atoms with van der Waals surface area (Å²) in [4.78, 5) is 2.15. The lowest BCUT2D eigenvalue weighted by atomic mass is 9.84. The monoisotopic (exact) mass is 313 g/mol. The topological polar surface area (TPSA) is 23.5 Å². The van der Waals surface area contributed by atoms with Gasteiger partial charge in [-0.05, 0) is 80.7 Å². The molecule has 2 unspecified atom stereocenters. The zero-order chi connectivity index (χ0) is 16.6. The summed E-state index contributed by atoms with van der Waals surface area (Å²) in [6, 6.07) is 12.8. The van der Waals surface area contributed by atoms with E-state index in [0.29, 0.717) is 0 Å². The summed E-state index contributed by atoms with van der Waals surface area (Å²) in [7, 11) is 4.10. The molecule has 0 spiro atoms. The Morgan fingerprint density at radius 3 is 2.65 bits per heavy atom. The summed E-state index contributed by atoms with van der Waals surface area (Å²) in [6.45, 7) is 2.75. The molecule has 122 valence electrons. The molecule has 23 heavy (non-hydrogen) atoms. The minimum absolute atomic E-state index is 0.207. The van der Waals surface area contributed by atoms with Gasteiger partial charge in [0.1, 0.15) is 11.4 Å². The van der Waals surface area contributed by atoms with Gasteiger partial charge in [0.05, 0.1) is 0 Å². The zero-order valence-electron chi connectivity index (χ0n) is 14.0. The number of halogens is 1. The van der Waals surface area contributed by atoms with Crippen LogP contribution < -0.4 is 0 Å². The molecule has 0 heterocycles. The fourth-order valence-corrected chi connectivity index (χ4v) is 3.68. The molecule has 0 aromatic heterocycles. The van der Waals surface area contributed by atoms with E-state index in [-0.39, 0.29) is 11.7 Å². The lowest BCUT2D eigenvalue weighted by molar-refractivity contribution is 0.101. The summed E-state index contributed by atoms with van der Waals surface area (Å²) >= 11 is 0. The number of fused-ring (bicyclic) bond motifs is 2. The molecule has 0 saturated carbocycles. The zero-order valence-corrected chi connectivity index (χ0v) is 14.0. The minimum atomic E-state index is -1.09. The van der Waals surface area contributed by atoms with Crippen molar-refractivity contribution >= 4 is 0 Å². The molecule has 0 aliphatic heterocycles. The van der Waals surface area contributed by atoms with Crippen LogP contribution in [-0.4, -0.2) is 30.6 Å². The third-order valence-corrected chi connectivity index (χ3v) is 4.91. The summed E-state index contributed by atoms with van der Waals surface area (Å²) in [6.07, 6.45) is 1.77. The van der Waals surface area contributed by atoms with Gasteiger partial charge in [-0.3, -0.25) is 0 Å². The summed E-state index contributed by atoms with van der Waals surface area (Å²) in [5.41, 5.74) is 2.76. The van der Waals surface area contributed by atoms with Crippen molar-refractivity contribution < 1.29 is 9.50 Å². The van der Waals surface area contributed by atoms with Gasteiger partial charge in [-0.1, -0.05) is 30.3 Å². The van der Waals surface area contributed by atoms with Crippen LogP contribution in [0.15, 0.2) is 42.5 Å². The van der Waals surface area contributed by atoms with Crippen molar-refractivity contribution in [3.05, 3.63) is 70.5 Å². The van der Waals surface area contributed by atoms with Gasteiger partial charge in [0, 0.05) is 0 Å². The van der Waals surface area contributed by atoms with Crippen LogP contribution in [0.5, 0.6) is 0 Å². The molecule has 0 saturated heterocycles. The predicted molar refractivity (Wildman–Crippen MR) is 91.1 cm³/mol. The molecule has 1 N–H and O–H groups in total. The van der Waals surface area contributed by atoms with Crippen LogP contribution in [0.3, 0.4) is 0 Å². The van der Waals surface area contributed by atoms with Crippen molar-refractivity contribution in [1.29, 1.82) is 0 Å². The van der Waals surface area contributed by atoms with E-state index in [1.807, 2.05) is 39.2 Å². The summed E-state index contributed by atoms with van der Waals surface area (Å²) < 4.78 is 13.9. The Bertz CT molecular complexity index is 709. The van der Waals surface area contributed by atoms with Crippen LogP contribution >= 0.6 is 0 Å². The van der Waals surface area contributed by atoms with Crippen LogP contribution in [0, 0.1) is 5.82 Å². The normalized spacial score (nSPS) is 23.3. The molecule has 0 bridgehead atoms. The average Bonchev–Trinajstić information content (AvgIpc) is 2.59. The quantitative estimate of drug-likeness (QED) is 0.934. The van der Waals surface area contributed by atoms with Crippen LogP contribution in [0.2, 0.25) is 0 Å². The van der Waals surface area contributed by atoms with Gasteiger partial charge in [0.15, 0.2) is 0 Å². The van der Waals surface area contributed by atoms with Gasteiger partial charge in [0.25, 0.3) is 0 Å². The Hall–Kier alpha value is -1.71. The van der Waals surface area contributed by atoms with Gasteiger partial charge >= 0.3 is 0 Å². The van der Waals surface area contributed by atoms with Crippen LogP contribution in [0.4, 0.5) is 4.39 Å². The Balaban J connectivity index is 2.15. The van der Waals surface area contributed by atoms with E-state index < -0.39 is 5.60 Å². The molecular weight excluding hydrogens is 289 g/mol. The largest absolute Gasteiger partial charge is 0.381 e. The van der Waals surface area contributed by atoms with E-state index in [1.165, 1.54) is 6.07 Å². The number of hydrogen-bond donors (Lipinski definition) is 1. The third-order valence-electron chi connectivity index (χ3n) is 4.91. The van der Waals surface area contributed by atoms with E-state index in [2.05, 4.69) is 11.0 Å². The molecule has 2 aromatic rings. The first-order valence-corrected chi connectivity index (χ1v) is 8.15. The molecule has 3 rings (SSSR count). The third kappa shape index (κ3) is 3.04. The van der Waals surface area contributed by atoms with Gasteiger partial charge in [-0.25, -0.2) is 4.39 Å². The summed E-state index contributed by atoms with van der Waals surface area (Å²) in [5, 5.41) is 11.2. The van der Waals surface area contributed by atoms with Gasteiger partial charge in [0.2, 0.25) is 0 Å². The molecule has 1 aliphatic carbocycles. The van der Waals surface area contributed by atoms with Crippen LogP contribution in [-0.2, 0) is 12.0 Å². The molecule has 2 atom stereocenters. The number of hydrogen-bond acceptors (Lipinski definition) is 2. The van der Waals surface area contributed by atoms with Crippen molar-refractivity contribution in [2.75, 3.05) is 20.6 Å². The highest BCUT2D eigenvalue weighted by molar-refractivity contribution is 5.48. The van der Waals surface area contributed by atoms with Gasteiger partial charge in [-0.15, -0.1) is 0 Å². The van der Waals surface area contributed by atoms with E-state index in [4.69, 9.17) is 0 Å². The van der Waals surface area contributed by atoms with E-state index in [0.717, 1.165) is 41.6 Å². The van der Waals surface area contributed by atoms with Crippen LogP contribution in [0.1, 0.15) is 41.5 Å². The Labute approximate surface area is 137 Å². The Morgan fingerprint density at radius 1 is 1.17 bits per heavy atom. The smallest absolute Gasteiger partial charge is 0.123 e. The highest BCUT2D eigenvalue weighted by atomic mass is 19.1. The Morgan fingerprint density at radius 2 is 1.91 bits per heavy atom. The lowest BCUT2D eigenvalue weighted by Crippen LogP contribution is -2.24. The van der Waals surface area contributed by atoms with Crippen LogP contribution in [0.25, 0.3) is 0 Å². The minimum Gasteiger partial charge on any atom is -0.381 e. The standard InChI is InChI=1S/C20H24FNO/c1-20(23)18-7-5-4-6-15(18)12-14(10-11-22(2)3)17-13-16(21)8-9-19(17)20/h4-9,13-14,23H,10-12H2,1-3H3. The number of rotatable bonds is 3. The van der Waals surface area contributed by atoms with Crippen molar-refractivity contribution in [2.45, 2.75) is 31.3 Å². The van der Waals surface area contributed by atoms with E-state index >= 15 is 0 Å². The second kappa shape index (κ2) is 6.06. The van der Waals surface area contributed by atoms with Crippen molar-refractivity contribution in [3.63, 3.8) is 0 Å². The highest BCUT2D eigenvalue weighted by Gasteiger charge is 2.35. The molecule has 3 heteroatoms. The first-order chi connectivity index (χ1) is 10.9. The average molecular weight is 313 g/mol. The lowest BCUT2D eigenvalue weighted by Gasteiger charge is -2.27. The second-order valence-electron chi connectivity index (χ2n) is 6.95. The fourth-order valence-electron chi connectivity index (χ4n) is 3.68. The van der Waals surface area contributed by atoms with Crippen molar-refractivity contribution in [3.8, 4) is 0 Å². The molecular formula is C20H24FNO. The SMILES string of the molecule is CN(C)CCC1Cc2ccccc2C(C)(O)c2ccc(F)cc21. The number of nitrogens with zero attached hydrogens (tertiary/aromatic N) is 1. The number of aliphatic hydroxyl groups is 1. The first-order valence-electron chi connectivity index (χ1n) is 8.15. The fraction of sp³-hybridized carbons (Fsp3) is 0.400. The molecule has 0 fully saturated rings. The van der Waals surface area contributed by atoms with Gasteiger partial charge in [-0.2, -0.15) is 0 Å². The second-order valence-corrected chi connectivity index (χ2v) is 6.95. The summed E-state index contributed by atoms with van der Waals surface area (Å²) in [5.74, 6) is -0.0291. The van der Waals surface area contributed by atoms with Crippen molar-refractivity contribution in [1.82, 2.24) is 4.90 Å². The molecule has 1 aliphatic rings. The Kier molecular flexibility index (Phi) is 4.26. The van der Waals surface area contributed by atoms with E-state index in [1.54, 1.807) is 12.1 Å². The molecule has 0 radical (unpaired) electrons. The molecule has 0 amide bonds. The maximum Gasteiger partial charge on any atom is 0.123 e. The first kappa shape index (κ1) is 16.2. The molecule has 2 nitrogen and oxygen atoms in total.